The second kappa shape index (κ2) is 6.92. The van der Waals surface area contributed by atoms with Crippen molar-refractivity contribution in [2.45, 2.75) is 13.1 Å². The number of carbonyl (C=O) groups excluding carboxylic acids is 2. The van der Waals surface area contributed by atoms with Gasteiger partial charge in [-0.3, -0.25) is 5.32 Å². The molecule has 1 amide bonds. The molecule has 0 unspecified atom stereocenters. The largest absolute Gasteiger partial charge is 0.491 e. The molecule has 1 N–H and O–H groups in total. The van der Waals surface area contributed by atoms with E-state index in [-0.39, 0.29) is 10.7 Å². The summed E-state index contributed by atoms with van der Waals surface area (Å²) in [5.74, 6) is -2.60. The Morgan fingerprint density at radius 3 is 2.29 bits per heavy atom. The smallest absolute Gasteiger partial charge is 0.369 e. The lowest BCUT2D eigenvalue weighted by atomic mass is 10.0. The van der Waals surface area contributed by atoms with E-state index in [9.17, 15) is 22.8 Å². The molecular formula is C16H11ClF3NO3. The quantitative estimate of drug-likeness (QED) is 0.611. The highest BCUT2D eigenvalue weighted by Crippen LogP contribution is 2.31. The number of amides is 1. The van der Waals surface area contributed by atoms with Crippen LogP contribution in [0.2, 0.25) is 5.02 Å². The first-order valence-electron chi connectivity index (χ1n) is 6.63. The summed E-state index contributed by atoms with van der Waals surface area (Å²) in [5, 5.41) is 2.35. The maximum absolute atomic E-state index is 12.1. The third-order valence-electron chi connectivity index (χ3n) is 3.00. The fourth-order valence-electron chi connectivity index (χ4n) is 1.88. The van der Waals surface area contributed by atoms with Crippen LogP contribution in [0.4, 0.5) is 23.7 Å². The van der Waals surface area contributed by atoms with Gasteiger partial charge in [0.25, 0.3) is 0 Å². The van der Waals surface area contributed by atoms with Crippen molar-refractivity contribution in [3.8, 4) is 11.1 Å². The fraction of sp³-hybridized carbons (Fsp3) is 0.125. The van der Waals surface area contributed by atoms with E-state index in [4.69, 9.17) is 11.6 Å². The second-order valence-corrected chi connectivity index (χ2v) is 5.29. The van der Waals surface area contributed by atoms with E-state index in [1.165, 1.54) is 6.07 Å². The normalized spacial score (nSPS) is 11.0. The van der Waals surface area contributed by atoms with E-state index in [1.807, 2.05) is 19.1 Å². The lowest BCUT2D eigenvalue weighted by Gasteiger charge is -2.12. The van der Waals surface area contributed by atoms with Crippen LogP contribution in [0.15, 0.2) is 42.5 Å². The summed E-state index contributed by atoms with van der Waals surface area (Å²) >= 11 is 5.85. The molecule has 2 rings (SSSR count). The minimum atomic E-state index is -5.26. The summed E-state index contributed by atoms with van der Waals surface area (Å²) in [6, 6.07) is 11.7. The van der Waals surface area contributed by atoms with Crippen LogP contribution in [-0.4, -0.2) is 18.2 Å². The average Bonchev–Trinajstić information content (AvgIpc) is 2.47. The van der Waals surface area contributed by atoms with Gasteiger partial charge in [0.05, 0.1) is 5.69 Å². The van der Waals surface area contributed by atoms with Gasteiger partial charge in [-0.1, -0.05) is 47.5 Å². The molecule has 0 aromatic heterocycles. The molecule has 0 spiro atoms. The maximum Gasteiger partial charge on any atom is 0.491 e. The van der Waals surface area contributed by atoms with Gasteiger partial charge in [0.2, 0.25) is 0 Å². The van der Waals surface area contributed by atoms with Gasteiger partial charge in [0.15, 0.2) is 0 Å². The standard InChI is InChI=1S/C16H11ClF3NO3/c1-9-2-4-10(5-3-9)12-7-6-11(17)8-13(12)21-15(23)24-14(22)16(18,19)20/h2-8H,1H3,(H,21,23). The Morgan fingerprint density at radius 2 is 1.71 bits per heavy atom. The van der Waals surface area contributed by atoms with E-state index in [2.05, 4.69) is 10.1 Å². The molecule has 2 aromatic carbocycles. The molecule has 8 heteroatoms. The molecule has 0 radical (unpaired) electrons. The number of esters is 1. The van der Waals surface area contributed by atoms with Gasteiger partial charge >= 0.3 is 18.2 Å². The van der Waals surface area contributed by atoms with Crippen molar-refractivity contribution in [3.63, 3.8) is 0 Å². The number of hydrogen-bond donors (Lipinski definition) is 1. The Bertz CT molecular complexity index is 773. The number of hydrogen-bond acceptors (Lipinski definition) is 3. The zero-order chi connectivity index (χ0) is 17.9. The predicted molar refractivity (Wildman–Crippen MR) is 82.8 cm³/mol. The van der Waals surface area contributed by atoms with Crippen LogP contribution in [0, 0.1) is 6.92 Å². The predicted octanol–water partition coefficient (Wildman–Crippen LogP) is 4.95. The molecule has 0 bridgehead atoms. The first kappa shape index (κ1) is 17.8. The molecule has 0 fully saturated rings. The second-order valence-electron chi connectivity index (χ2n) is 4.86. The monoisotopic (exact) mass is 357 g/mol. The first-order valence-corrected chi connectivity index (χ1v) is 7.01. The van der Waals surface area contributed by atoms with Gasteiger partial charge in [-0.05, 0) is 24.6 Å². The molecule has 2 aromatic rings. The number of nitrogens with one attached hydrogen (secondary N) is 1. The molecule has 126 valence electrons. The summed E-state index contributed by atoms with van der Waals surface area (Å²) in [7, 11) is 0. The zero-order valence-corrected chi connectivity index (χ0v) is 13.0. The Balaban J connectivity index is 2.26. The van der Waals surface area contributed by atoms with Crippen molar-refractivity contribution in [2.24, 2.45) is 0 Å². The third-order valence-corrected chi connectivity index (χ3v) is 3.23. The van der Waals surface area contributed by atoms with Crippen molar-refractivity contribution in [1.29, 1.82) is 0 Å². The van der Waals surface area contributed by atoms with Gasteiger partial charge in [0, 0.05) is 10.6 Å². The molecule has 0 aliphatic heterocycles. The fourth-order valence-corrected chi connectivity index (χ4v) is 2.05. The SMILES string of the molecule is Cc1ccc(-c2ccc(Cl)cc2NC(=O)OC(=O)C(F)(F)F)cc1. The number of anilines is 1. The molecule has 0 heterocycles. The highest BCUT2D eigenvalue weighted by Gasteiger charge is 2.42. The van der Waals surface area contributed by atoms with Crippen molar-refractivity contribution in [3.05, 3.63) is 53.1 Å². The lowest BCUT2D eigenvalue weighted by molar-refractivity contribution is -0.192. The molecule has 24 heavy (non-hydrogen) atoms. The van der Waals surface area contributed by atoms with Gasteiger partial charge in [-0.2, -0.15) is 13.2 Å². The Hall–Kier alpha value is -2.54. The van der Waals surface area contributed by atoms with Crippen molar-refractivity contribution < 1.29 is 27.5 Å². The average molecular weight is 358 g/mol. The van der Waals surface area contributed by atoms with E-state index < -0.39 is 18.2 Å². The van der Waals surface area contributed by atoms with Gasteiger partial charge < -0.3 is 4.74 Å². The van der Waals surface area contributed by atoms with Gasteiger partial charge in [-0.15, -0.1) is 0 Å². The molecule has 4 nitrogen and oxygen atoms in total. The maximum atomic E-state index is 12.1. The third kappa shape index (κ3) is 4.48. The number of benzene rings is 2. The van der Waals surface area contributed by atoms with E-state index in [1.54, 1.807) is 24.3 Å². The summed E-state index contributed by atoms with van der Waals surface area (Å²) in [6.07, 6.45) is -6.81. The Morgan fingerprint density at radius 1 is 1.08 bits per heavy atom. The number of rotatable bonds is 2. The number of aryl methyl sites for hydroxylation is 1. The van der Waals surface area contributed by atoms with Crippen LogP contribution in [0.25, 0.3) is 11.1 Å². The number of ether oxygens (including phenoxy) is 1. The molecule has 0 saturated carbocycles. The molecule has 0 atom stereocenters. The molecule has 0 aliphatic carbocycles. The number of alkyl halides is 3. The van der Waals surface area contributed by atoms with E-state index in [0.717, 1.165) is 5.56 Å². The summed E-state index contributed by atoms with van der Waals surface area (Å²) in [6.45, 7) is 1.89. The van der Waals surface area contributed by atoms with Crippen LogP contribution in [0.5, 0.6) is 0 Å². The highest BCUT2D eigenvalue weighted by atomic mass is 35.5. The van der Waals surface area contributed by atoms with Crippen molar-refractivity contribution in [2.75, 3.05) is 5.32 Å². The summed E-state index contributed by atoms with van der Waals surface area (Å²) < 4.78 is 40.1. The minimum absolute atomic E-state index is 0.117. The van der Waals surface area contributed by atoms with E-state index in [0.29, 0.717) is 11.1 Å². The van der Waals surface area contributed by atoms with E-state index >= 15 is 0 Å². The summed E-state index contributed by atoms with van der Waals surface area (Å²) in [4.78, 5) is 22.2. The topological polar surface area (TPSA) is 55.4 Å². The van der Waals surface area contributed by atoms with Gasteiger partial charge in [0.1, 0.15) is 0 Å². The molecule has 0 aliphatic rings. The molecule has 0 saturated heterocycles. The van der Waals surface area contributed by atoms with Crippen LogP contribution in [-0.2, 0) is 9.53 Å². The minimum Gasteiger partial charge on any atom is -0.369 e. The van der Waals surface area contributed by atoms with Crippen LogP contribution in [0.1, 0.15) is 5.56 Å². The zero-order valence-electron chi connectivity index (χ0n) is 12.3. The first-order chi connectivity index (χ1) is 11.2. The lowest BCUT2D eigenvalue weighted by Crippen LogP contribution is -2.30. The number of halogens is 4. The highest BCUT2D eigenvalue weighted by molar-refractivity contribution is 6.31. The van der Waals surface area contributed by atoms with Crippen LogP contribution < -0.4 is 5.32 Å². The Kier molecular flexibility index (Phi) is 5.14. The number of carbonyl (C=O) groups is 2. The van der Waals surface area contributed by atoms with Crippen LogP contribution >= 0.6 is 11.6 Å². The van der Waals surface area contributed by atoms with Crippen LogP contribution in [0.3, 0.4) is 0 Å². The van der Waals surface area contributed by atoms with Gasteiger partial charge in [-0.25, -0.2) is 9.59 Å². The summed E-state index contributed by atoms with van der Waals surface area (Å²) in [5.41, 5.74) is 2.34. The van der Waals surface area contributed by atoms with Crippen molar-refractivity contribution in [1.82, 2.24) is 0 Å². The molecular weight excluding hydrogens is 347 g/mol. The van der Waals surface area contributed by atoms with Crippen molar-refractivity contribution >= 4 is 29.4 Å². The Labute approximate surface area is 140 Å².